The van der Waals surface area contributed by atoms with Crippen LogP contribution in [-0.4, -0.2) is 58.1 Å². The molecule has 1 amide bonds. The number of nitrogens with zero attached hydrogens (tertiary/aromatic N) is 2. The van der Waals surface area contributed by atoms with Gasteiger partial charge in [-0.05, 0) is 82.9 Å². The summed E-state index contributed by atoms with van der Waals surface area (Å²) in [4.78, 5) is 18.3. The molecule has 1 spiro atoms. The third kappa shape index (κ3) is 3.93. The number of hydrogen-bond donors (Lipinski definition) is 1. The van der Waals surface area contributed by atoms with Crippen LogP contribution in [0.2, 0.25) is 0 Å². The third-order valence-corrected chi connectivity index (χ3v) is 7.12. The Labute approximate surface area is 163 Å². The van der Waals surface area contributed by atoms with Gasteiger partial charge in [-0.2, -0.15) is 0 Å². The summed E-state index contributed by atoms with van der Waals surface area (Å²) in [5, 5.41) is 9.82. The van der Waals surface area contributed by atoms with Crippen molar-refractivity contribution in [3.05, 3.63) is 35.9 Å². The molecular formula is C23H34N2O2. The predicted octanol–water partition coefficient (Wildman–Crippen LogP) is 3.38. The highest BCUT2D eigenvalue weighted by Crippen LogP contribution is 2.40. The quantitative estimate of drug-likeness (QED) is 0.864. The first-order valence-corrected chi connectivity index (χ1v) is 11.0. The van der Waals surface area contributed by atoms with Crippen LogP contribution < -0.4 is 0 Å². The molecule has 3 aliphatic rings. The van der Waals surface area contributed by atoms with Crippen molar-refractivity contribution >= 4 is 5.91 Å². The van der Waals surface area contributed by atoms with Crippen LogP contribution in [0.1, 0.15) is 63.4 Å². The Bertz CT molecular complexity index is 627. The number of hydrogen-bond acceptors (Lipinski definition) is 3. The van der Waals surface area contributed by atoms with Crippen molar-refractivity contribution < 1.29 is 9.90 Å². The van der Waals surface area contributed by atoms with E-state index in [4.69, 9.17) is 0 Å². The second kappa shape index (κ2) is 8.32. The van der Waals surface area contributed by atoms with Crippen LogP contribution in [0.4, 0.5) is 0 Å². The molecule has 27 heavy (non-hydrogen) atoms. The number of benzene rings is 1. The maximum Gasteiger partial charge on any atom is 0.243 e. The Kier molecular flexibility index (Phi) is 5.84. The minimum absolute atomic E-state index is 0.156. The number of piperidine rings is 1. The topological polar surface area (TPSA) is 43.8 Å². The van der Waals surface area contributed by atoms with Gasteiger partial charge in [0.1, 0.15) is 5.54 Å². The van der Waals surface area contributed by atoms with E-state index < -0.39 is 0 Å². The zero-order valence-electron chi connectivity index (χ0n) is 16.5. The lowest BCUT2D eigenvalue weighted by atomic mass is 9.82. The second-order valence-corrected chi connectivity index (χ2v) is 8.78. The molecule has 2 saturated heterocycles. The van der Waals surface area contributed by atoms with Crippen LogP contribution in [0.15, 0.2) is 30.3 Å². The molecule has 0 bridgehead atoms. The van der Waals surface area contributed by atoms with E-state index in [9.17, 15) is 9.90 Å². The molecule has 1 atom stereocenters. The fraction of sp³-hybridized carbons (Fsp3) is 0.696. The third-order valence-electron chi connectivity index (χ3n) is 7.12. The van der Waals surface area contributed by atoms with Crippen molar-refractivity contribution in [2.24, 2.45) is 0 Å². The second-order valence-electron chi connectivity index (χ2n) is 8.78. The van der Waals surface area contributed by atoms with Crippen LogP contribution in [0.5, 0.6) is 0 Å². The van der Waals surface area contributed by atoms with Crippen molar-refractivity contribution in [2.75, 3.05) is 19.6 Å². The lowest BCUT2D eigenvalue weighted by molar-refractivity contribution is -0.151. The van der Waals surface area contributed by atoms with Gasteiger partial charge in [0, 0.05) is 12.6 Å². The molecular weight excluding hydrogens is 336 g/mol. The highest BCUT2D eigenvalue weighted by atomic mass is 16.3. The number of rotatable bonds is 5. The molecule has 148 valence electrons. The van der Waals surface area contributed by atoms with E-state index in [1.54, 1.807) is 0 Å². The predicted molar refractivity (Wildman–Crippen MR) is 108 cm³/mol. The summed E-state index contributed by atoms with van der Waals surface area (Å²) in [5.41, 5.74) is 1.16. The first-order chi connectivity index (χ1) is 13.2. The Morgan fingerprint density at radius 2 is 1.70 bits per heavy atom. The van der Waals surface area contributed by atoms with Crippen molar-refractivity contribution in [3.8, 4) is 0 Å². The normalized spacial score (nSPS) is 32.3. The first-order valence-electron chi connectivity index (χ1n) is 11.0. The molecule has 1 aromatic carbocycles. The smallest absolute Gasteiger partial charge is 0.243 e. The van der Waals surface area contributed by atoms with E-state index in [0.717, 1.165) is 83.8 Å². The zero-order valence-corrected chi connectivity index (χ0v) is 16.5. The van der Waals surface area contributed by atoms with E-state index in [1.807, 2.05) is 0 Å². The highest BCUT2D eigenvalue weighted by molar-refractivity contribution is 5.87. The van der Waals surface area contributed by atoms with Gasteiger partial charge < -0.3 is 10.0 Å². The van der Waals surface area contributed by atoms with Gasteiger partial charge >= 0.3 is 0 Å². The van der Waals surface area contributed by atoms with E-state index in [-0.39, 0.29) is 11.6 Å². The maximum atomic E-state index is 13.6. The molecule has 3 fully saturated rings. The molecule has 1 saturated carbocycles. The summed E-state index contributed by atoms with van der Waals surface area (Å²) in [5.74, 6) is 0.396. The van der Waals surface area contributed by atoms with Crippen LogP contribution in [0, 0.1) is 0 Å². The van der Waals surface area contributed by atoms with Gasteiger partial charge in [-0.3, -0.25) is 9.69 Å². The Morgan fingerprint density at radius 1 is 1.00 bits per heavy atom. The maximum absolute atomic E-state index is 13.6. The molecule has 1 unspecified atom stereocenters. The van der Waals surface area contributed by atoms with E-state index in [1.165, 1.54) is 5.56 Å². The number of amides is 1. The minimum Gasteiger partial charge on any atom is -0.393 e. The Hall–Kier alpha value is -1.39. The standard InChI is InChI=1S/C23H34N2O2/c26-21-12-10-20(11-13-21)25-18-6-15-23(22(25)27)14-5-17-24(23)16-4-9-19-7-2-1-3-8-19/h1-3,7-8,20-21,26H,4-6,9-18H2. The zero-order chi connectivity index (χ0) is 18.7. The monoisotopic (exact) mass is 370 g/mol. The molecule has 2 aliphatic heterocycles. The number of aryl methyl sites for hydroxylation is 1. The molecule has 1 aromatic rings. The Balaban J connectivity index is 1.39. The number of carbonyl (C=O) groups excluding carboxylic acids is 1. The molecule has 0 radical (unpaired) electrons. The fourth-order valence-corrected chi connectivity index (χ4v) is 5.64. The van der Waals surface area contributed by atoms with Gasteiger partial charge in [0.05, 0.1) is 6.10 Å². The van der Waals surface area contributed by atoms with Crippen LogP contribution in [0.3, 0.4) is 0 Å². The van der Waals surface area contributed by atoms with Crippen LogP contribution in [-0.2, 0) is 11.2 Å². The van der Waals surface area contributed by atoms with Gasteiger partial charge in [-0.1, -0.05) is 30.3 Å². The van der Waals surface area contributed by atoms with E-state index in [0.29, 0.717) is 11.9 Å². The highest BCUT2D eigenvalue weighted by Gasteiger charge is 2.51. The fourth-order valence-electron chi connectivity index (χ4n) is 5.64. The lowest BCUT2D eigenvalue weighted by Gasteiger charge is -2.48. The largest absolute Gasteiger partial charge is 0.393 e. The van der Waals surface area contributed by atoms with Crippen molar-refractivity contribution in [3.63, 3.8) is 0 Å². The number of carbonyl (C=O) groups is 1. The van der Waals surface area contributed by atoms with Gasteiger partial charge in [0.15, 0.2) is 0 Å². The Morgan fingerprint density at radius 3 is 2.44 bits per heavy atom. The van der Waals surface area contributed by atoms with Crippen molar-refractivity contribution in [2.45, 2.75) is 81.9 Å². The summed E-state index contributed by atoms with van der Waals surface area (Å²) in [6, 6.07) is 11.0. The number of aliphatic hydroxyl groups excluding tert-OH is 1. The van der Waals surface area contributed by atoms with Crippen molar-refractivity contribution in [1.82, 2.24) is 9.80 Å². The van der Waals surface area contributed by atoms with Crippen LogP contribution in [0.25, 0.3) is 0 Å². The van der Waals surface area contributed by atoms with Crippen molar-refractivity contribution in [1.29, 1.82) is 0 Å². The lowest BCUT2D eigenvalue weighted by Crippen LogP contribution is -2.62. The van der Waals surface area contributed by atoms with Gasteiger partial charge in [-0.15, -0.1) is 0 Å². The summed E-state index contributed by atoms with van der Waals surface area (Å²) >= 11 is 0. The van der Waals surface area contributed by atoms with Gasteiger partial charge in [0.25, 0.3) is 0 Å². The number of likely N-dealkylation sites (tertiary alicyclic amines) is 2. The summed E-state index contributed by atoms with van der Waals surface area (Å²) in [7, 11) is 0. The SMILES string of the molecule is O=C1N(C2CCC(O)CC2)CCCC12CCCN2CCCc1ccccc1. The average molecular weight is 371 g/mol. The molecule has 1 N–H and O–H groups in total. The minimum atomic E-state index is -0.231. The van der Waals surface area contributed by atoms with E-state index >= 15 is 0 Å². The first kappa shape index (κ1) is 18.9. The number of aliphatic hydroxyl groups is 1. The summed E-state index contributed by atoms with van der Waals surface area (Å²) < 4.78 is 0. The molecule has 4 nitrogen and oxygen atoms in total. The van der Waals surface area contributed by atoms with Crippen LogP contribution >= 0.6 is 0 Å². The van der Waals surface area contributed by atoms with Gasteiger partial charge in [0.2, 0.25) is 5.91 Å². The molecule has 1 aliphatic carbocycles. The molecule has 4 rings (SSSR count). The van der Waals surface area contributed by atoms with Gasteiger partial charge in [-0.25, -0.2) is 0 Å². The summed E-state index contributed by atoms with van der Waals surface area (Å²) in [6.45, 7) is 3.01. The summed E-state index contributed by atoms with van der Waals surface area (Å²) in [6.07, 6.45) is 10.0. The molecule has 2 heterocycles. The molecule has 0 aromatic heterocycles. The molecule has 4 heteroatoms. The van der Waals surface area contributed by atoms with E-state index in [2.05, 4.69) is 40.1 Å². The average Bonchev–Trinajstić information content (AvgIpc) is 3.09.